The maximum absolute atomic E-state index is 11.8. The molecular weight excluding hydrogens is 354 g/mol. The number of hydrogen-bond acceptors (Lipinski definition) is 6. The highest BCUT2D eigenvalue weighted by molar-refractivity contribution is 5.99. The minimum atomic E-state index is -0.0646. The quantitative estimate of drug-likeness (QED) is 0.611. The Labute approximate surface area is 163 Å². The zero-order chi connectivity index (χ0) is 19.9. The van der Waals surface area contributed by atoms with E-state index < -0.39 is 0 Å². The first kappa shape index (κ1) is 18.9. The van der Waals surface area contributed by atoms with Gasteiger partial charge in [-0.1, -0.05) is 0 Å². The largest absolute Gasteiger partial charge is 0.497 e. The second-order valence-electron chi connectivity index (χ2n) is 6.06. The number of nitriles is 1. The van der Waals surface area contributed by atoms with Gasteiger partial charge in [-0.15, -0.1) is 0 Å². The predicted molar refractivity (Wildman–Crippen MR) is 106 cm³/mol. The van der Waals surface area contributed by atoms with Gasteiger partial charge in [-0.3, -0.25) is 4.79 Å². The number of ketones is 1. The molecule has 0 bridgehead atoms. The number of rotatable bonds is 7. The number of nitrogens with one attached hydrogen (secondary N) is 1. The van der Waals surface area contributed by atoms with Gasteiger partial charge in [0.15, 0.2) is 5.78 Å². The Kier molecular flexibility index (Phi) is 5.87. The van der Waals surface area contributed by atoms with Gasteiger partial charge in [-0.25, -0.2) is 4.98 Å². The minimum Gasteiger partial charge on any atom is -0.497 e. The number of carbonyl (C=O) groups excluding carboxylic acids is 1. The van der Waals surface area contributed by atoms with Crippen molar-refractivity contribution in [2.24, 2.45) is 0 Å². The molecule has 1 aromatic heterocycles. The summed E-state index contributed by atoms with van der Waals surface area (Å²) in [5, 5.41) is 12.3. The van der Waals surface area contributed by atoms with Crippen LogP contribution in [0.1, 0.15) is 28.4 Å². The molecule has 0 radical (unpaired) electrons. The summed E-state index contributed by atoms with van der Waals surface area (Å²) in [5.74, 6) is 1.80. The normalized spacial score (nSPS) is 10.0. The SMILES string of the molecule is COc1ccc(Oc2cc(CNc3cc(C#N)ccc3C(C)=O)ccn2)cc1. The second-order valence-corrected chi connectivity index (χ2v) is 6.06. The molecule has 0 atom stereocenters. The number of anilines is 1. The summed E-state index contributed by atoms with van der Waals surface area (Å²) in [6.45, 7) is 1.95. The van der Waals surface area contributed by atoms with Gasteiger partial charge in [0, 0.05) is 30.1 Å². The summed E-state index contributed by atoms with van der Waals surface area (Å²) in [5.41, 5.74) is 2.59. The van der Waals surface area contributed by atoms with Gasteiger partial charge < -0.3 is 14.8 Å². The molecule has 0 aliphatic carbocycles. The van der Waals surface area contributed by atoms with Crippen LogP contribution in [0.2, 0.25) is 0 Å². The van der Waals surface area contributed by atoms with Crippen molar-refractivity contribution in [1.82, 2.24) is 4.98 Å². The highest BCUT2D eigenvalue weighted by Gasteiger charge is 2.09. The molecule has 28 heavy (non-hydrogen) atoms. The molecular formula is C22H19N3O3. The number of nitrogens with zero attached hydrogens (tertiary/aromatic N) is 2. The number of benzene rings is 2. The van der Waals surface area contributed by atoms with Crippen LogP contribution >= 0.6 is 0 Å². The van der Waals surface area contributed by atoms with Crippen LogP contribution in [0.5, 0.6) is 17.4 Å². The summed E-state index contributed by atoms with van der Waals surface area (Å²) < 4.78 is 10.9. The third-order valence-corrected chi connectivity index (χ3v) is 4.09. The van der Waals surface area contributed by atoms with Crippen molar-refractivity contribution in [3.8, 4) is 23.4 Å². The lowest BCUT2D eigenvalue weighted by Gasteiger charge is -2.12. The van der Waals surface area contributed by atoms with E-state index in [9.17, 15) is 4.79 Å². The fourth-order valence-corrected chi connectivity index (χ4v) is 2.65. The Hall–Kier alpha value is -3.85. The monoisotopic (exact) mass is 373 g/mol. The molecule has 0 aliphatic heterocycles. The van der Waals surface area contributed by atoms with Gasteiger partial charge in [0.1, 0.15) is 11.5 Å². The van der Waals surface area contributed by atoms with E-state index in [0.717, 1.165) is 11.3 Å². The maximum atomic E-state index is 11.8. The third-order valence-electron chi connectivity index (χ3n) is 4.09. The first-order valence-corrected chi connectivity index (χ1v) is 8.65. The molecule has 0 unspecified atom stereocenters. The van der Waals surface area contributed by atoms with E-state index in [1.165, 1.54) is 6.92 Å². The Morgan fingerprint density at radius 3 is 2.54 bits per heavy atom. The van der Waals surface area contributed by atoms with E-state index in [0.29, 0.717) is 35.0 Å². The molecule has 1 N–H and O–H groups in total. The molecule has 3 aromatic rings. The number of pyridine rings is 1. The second kappa shape index (κ2) is 8.69. The molecule has 140 valence electrons. The Morgan fingerprint density at radius 2 is 1.86 bits per heavy atom. The standard InChI is InChI=1S/C22H19N3O3/c1-15(26)20-8-3-16(13-23)11-21(20)25-14-17-9-10-24-22(12-17)28-19-6-4-18(27-2)5-7-19/h3-12,25H,14H2,1-2H3. The van der Waals surface area contributed by atoms with Crippen molar-refractivity contribution < 1.29 is 14.3 Å². The molecule has 1 heterocycles. The topological polar surface area (TPSA) is 84.2 Å². The number of methoxy groups -OCH3 is 1. The highest BCUT2D eigenvalue weighted by Crippen LogP contribution is 2.24. The Balaban J connectivity index is 1.73. The fourth-order valence-electron chi connectivity index (χ4n) is 2.65. The average molecular weight is 373 g/mol. The van der Waals surface area contributed by atoms with E-state index in [4.69, 9.17) is 14.7 Å². The first-order valence-electron chi connectivity index (χ1n) is 8.65. The molecule has 0 amide bonds. The van der Waals surface area contributed by atoms with Gasteiger partial charge >= 0.3 is 0 Å². The average Bonchev–Trinajstić information content (AvgIpc) is 2.72. The van der Waals surface area contributed by atoms with Crippen molar-refractivity contribution in [2.75, 3.05) is 12.4 Å². The van der Waals surface area contributed by atoms with Crippen molar-refractivity contribution in [3.05, 3.63) is 77.5 Å². The van der Waals surface area contributed by atoms with Crippen LogP contribution in [-0.2, 0) is 6.54 Å². The van der Waals surface area contributed by atoms with Gasteiger partial charge in [-0.05, 0) is 61.0 Å². The van der Waals surface area contributed by atoms with E-state index >= 15 is 0 Å². The van der Waals surface area contributed by atoms with Crippen molar-refractivity contribution in [1.29, 1.82) is 5.26 Å². The Bertz CT molecular complexity index is 1020. The van der Waals surface area contributed by atoms with Crippen molar-refractivity contribution >= 4 is 11.5 Å². The number of carbonyl (C=O) groups is 1. The number of ether oxygens (including phenoxy) is 2. The molecule has 0 aliphatic rings. The summed E-state index contributed by atoms with van der Waals surface area (Å²) in [7, 11) is 1.61. The summed E-state index contributed by atoms with van der Waals surface area (Å²) in [4.78, 5) is 16.0. The van der Waals surface area contributed by atoms with Crippen LogP contribution in [0.15, 0.2) is 60.8 Å². The summed E-state index contributed by atoms with van der Waals surface area (Å²) in [6, 6.07) is 18.0. The zero-order valence-electron chi connectivity index (χ0n) is 15.6. The number of hydrogen-bond donors (Lipinski definition) is 1. The fraction of sp³-hybridized carbons (Fsp3) is 0.136. The maximum Gasteiger partial charge on any atom is 0.219 e. The molecule has 0 spiro atoms. The zero-order valence-corrected chi connectivity index (χ0v) is 15.6. The van der Waals surface area contributed by atoms with Crippen molar-refractivity contribution in [2.45, 2.75) is 13.5 Å². The molecule has 0 saturated carbocycles. The molecule has 6 heteroatoms. The summed E-state index contributed by atoms with van der Waals surface area (Å²) >= 11 is 0. The van der Waals surface area contributed by atoms with Gasteiger partial charge in [0.25, 0.3) is 0 Å². The molecule has 2 aromatic carbocycles. The molecule has 0 fully saturated rings. The van der Waals surface area contributed by atoms with Crippen LogP contribution in [0.4, 0.5) is 5.69 Å². The van der Waals surface area contributed by atoms with E-state index in [1.54, 1.807) is 43.6 Å². The lowest BCUT2D eigenvalue weighted by atomic mass is 10.1. The van der Waals surface area contributed by atoms with Gasteiger partial charge in [0.2, 0.25) is 5.88 Å². The predicted octanol–water partition coefficient (Wildman–Crippen LogP) is 4.57. The van der Waals surface area contributed by atoms with E-state index in [-0.39, 0.29) is 5.78 Å². The minimum absolute atomic E-state index is 0.0646. The van der Waals surface area contributed by atoms with Gasteiger partial charge in [-0.2, -0.15) is 5.26 Å². The van der Waals surface area contributed by atoms with Crippen LogP contribution in [0.3, 0.4) is 0 Å². The van der Waals surface area contributed by atoms with E-state index in [2.05, 4.69) is 16.4 Å². The Morgan fingerprint density at radius 1 is 1.11 bits per heavy atom. The molecule has 6 nitrogen and oxygen atoms in total. The van der Waals surface area contributed by atoms with Crippen LogP contribution < -0.4 is 14.8 Å². The molecule has 0 saturated heterocycles. The lowest BCUT2D eigenvalue weighted by molar-refractivity contribution is 0.101. The number of aromatic nitrogens is 1. The van der Waals surface area contributed by atoms with Crippen LogP contribution in [0, 0.1) is 11.3 Å². The highest BCUT2D eigenvalue weighted by atomic mass is 16.5. The van der Waals surface area contributed by atoms with Gasteiger partial charge in [0.05, 0.1) is 18.7 Å². The first-order chi connectivity index (χ1) is 13.6. The summed E-state index contributed by atoms with van der Waals surface area (Å²) in [6.07, 6.45) is 1.66. The third kappa shape index (κ3) is 4.65. The molecule has 3 rings (SSSR count). The van der Waals surface area contributed by atoms with Crippen LogP contribution in [-0.4, -0.2) is 17.9 Å². The van der Waals surface area contributed by atoms with Crippen molar-refractivity contribution in [3.63, 3.8) is 0 Å². The number of Topliss-reactive ketones (excluding diaryl/α,β-unsaturated/α-hetero) is 1. The van der Waals surface area contributed by atoms with Crippen LogP contribution in [0.25, 0.3) is 0 Å². The smallest absolute Gasteiger partial charge is 0.219 e. The van der Waals surface area contributed by atoms with E-state index in [1.807, 2.05) is 24.3 Å². The lowest BCUT2D eigenvalue weighted by Crippen LogP contribution is -2.05.